The number of methoxy groups -OCH3 is 1. The summed E-state index contributed by atoms with van der Waals surface area (Å²) in [4.78, 5) is 1.18. The first-order chi connectivity index (χ1) is 14.5. The Morgan fingerprint density at radius 1 is 0.781 bits per heavy atom. The molecule has 1 heterocycles. The van der Waals surface area contributed by atoms with Crippen LogP contribution in [0.15, 0.2) is 35.2 Å². The smallest absolute Gasteiger partial charge is 0.192 e. The van der Waals surface area contributed by atoms with Gasteiger partial charge in [0.25, 0.3) is 0 Å². The molecule has 0 bridgehead atoms. The van der Waals surface area contributed by atoms with Gasteiger partial charge in [0.1, 0.15) is 23.7 Å². The fraction of sp³-hybridized carbons (Fsp3) is 0.760. The molecule has 2 rings (SSSR count). The first-order valence-electron chi connectivity index (χ1n) is 11.8. The summed E-state index contributed by atoms with van der Waals surface area (Å²) in [6.07, 6.45) is -0.655. The number of ether oxygens (including phenoxy) is 2. The molecule has 0 aliphatic carbocycles. The van der Waals surface area contributed by atoms with Crippen molar-refractivity contribution in [3.8, 4) is 0 Å². The van der Waals surface area contributed by atoms with Crippen molar-refractivity contribution in [2.75, 3.05) is 7.11 Å². The lowest BCUT2D eigenvalue weighted by atomic mass is 10.0. The van der Waals surface area contributed by atoms with Crippen LogP contribution >= 0.6 is 11.8 Å². The third-order valence-corrected chi connectivity index (χ3v) is 17.6. The summed E-state index contributed by atoms with van der Waals surface area (Å²) in [5, 5.41) is 0.179. The Morgan fingerprint density at radius 2 is 1.25 bits per heavy atom. The van der Waals surface area contributed by atoms with E-state index in [1.54, 1.807) is 18.9 Å². The van der Waals surface area contributed by atoms with Gasteiger partial charge in [-0.1, -0.05) is 71.5 Å². The number of benzene rings is 1. The molecule has 0 N–H and O–H groups in total. The summed E-state index contributed by atoms with van der Waals surface area (Å²) in [7, 11) is -2.40. The Morgan fingerprint density at radius 3 is 1.69 bits per heavy atom. The predicted molar refractivity (Wildman–Crippen MR) is 142 cm³/mol. The quantitative estimate of drug-likeness (QED) is 0.368. The van der Waals surface area contributed by atoms with Crippen LogP contribution in [0.25, 0.3) is 0 Å². The SMILES string of the molecule is CO[C@@H]1[C@@H](O[Si](C)(C)C(C)(C)C)[C@H](O[Si](C)(C)C(C)(C)C)[C@@H](Sc2ccccc2)O[C@H]1C. The maximum absolute atomic E-state index is 7.09. The first kappa shape index (κ1) is 28.1. The van der Waals surface area contributed by atoms with Gasteiger partial charge in [-0.15, -0.1) is 0 Å². The van der Waals surface area contributed by atoms with Gasteiger partial charge < -0.3 is 18.3 Å². The van der Waals surface area contributed by atoms with Gasteiger partial charge >= 0.3 is 0 Å². The van der Waals surface area contributed by atoms with Gasteiger partial charge in [-0.05, 0) is 55.3 Å². The van der Waals surface area contributed by atoms with E-state index in [4.69, 9.17) is 18.3 Å². The van der Waals surface area contributed by atoms with Crippen LogP contribution < -0.4 is 0 Å². The van der Waals surface area contributed by atoms with Crippen LogP contribution in [-0.2, 0) is 18.3 Å². The normalized spacial score (nSPS) is 28.1. The molecule has 1 saturated heterocycles. The predicted octanol–water partition coefficient (Wildman–Crippen LogP) is 7.32. The molecule has 184 valence electrons. The molecule has 1 aromatic carbocycles. The molecule has 1 aromatic rings. The molecule has 1 aliphatic rings. The van der Waals surface area contributed by atoms with Gasteiger partial charge in [0, 0.05) is 12.0 Å². The van der Waals surface area contributed by atoms with E-state index >= 15 is 0 Å². The number of hydrogen-bond donors (Lipinski definition) is 0. The van der Waals surface area contributed by atoms with Crippen molar-refractivity contribution in [3.63, 3.8) is 0 Å². The topological polar surface area (TPSA) is 36.9 Å². The zero-order chi connectivity index (χ0) is 24.5. The van der Waals surface area contributed by atoms with Crippen molar-refractivity contribution in [2.45, 2.75) is 119 Å². The molecule has 0 saturated carbocycles. The summed E-state index contributed by atoms with van der Waals surface area (Å²) >= 11 is 1.73. The summed E-state index contributed by atoms with van der Waals surface area (Å²) in [5.41, 5.74) is -0.164. The largest absolute Gasteiger partial charge is 0.408 e. The maximum Gasteiger partial charge on any atom is 0.192 e. The van der Waals surface area contributed by atoms with E-state index in [2.05, 4.69) is 98.9 Å². The average molecular weight is 499 g/mol. The Kier molecular flexibility index (Phi) is 8.97. The van der Waals surface area contributed by atoms with E-state index in [0.29, 0.717) is 0 Å². The van der Waals surface area contributed by atoms with E-state index in [9.17, 15) is 0 Å². The Balaban J connectivity index is 2.50. The lowest BCUT2D eigenvalue weighted by Crippen LogP contribution is -2.64. The van der Waals surface area contributed by atoms with Gasteiger partial charge in [0.2, 0.25) is 0 Å². The average Bonchev–Trinajstić information content (AvgIpc) is 2.63. The van der Waals surface area contributed by atoms with Crippen LogP contribution in [-0.4, -0.2) is 53.6 Å². The van der Waals surface area contributed by atoms with Crippen LogP contribution in [0.4, 0.5) is 0 Å². The molecule has 1 fully saturated rings. The van der Waals surface area contributed by atoms with Crippen LogP contribution in [0.3, 0.4) is 0 Å². The number of hydrogen-bond acceptors (Lipinski definition) is 5. The molecular weight excluding hydrogens is 453 g/mol. The van der Waals surface area contributed by atoms with Crippen molar-refractivity contribution < 1.29 is 18.3 Å². The van der Waals surface area contributed by atoms with Crippen molar-refractivity contribution in [1.82, 2.24) is 0 Å². The molecule has 4 nitrogen and oxygen atoms in total. The fourth-order valence-corrected chi connectivity index (χ4v) is 7.17. The molecular formula is C25H46O4SSi2. The lowest BCUT2D eigenvalue weighted by molar-refractivity contribution is -0.192. The highest BCUT2D eigenvalue weighted by atomic mass is 32.2. The minimum Gasteiger partial charge on any atom is -0.408 e. The molecule has 0 radical (unpaired) electrons. The Labute approximate surface area is 203 Å². The van der Waals surface area contributed by atoms with Gasteiger partial charge in [0.15, 0.2) is 16.6 Å². The number of thioether (sulfide) groups is 1. The number of rotatable bonds is 7. The summed E-state index contributed by atoms with van der Waals surface area (Å²) in [6, 6.07) is 10.4. The third kappa shape index (κ3) is 6.49. The van der Waals surface area contributed by atoms with Crippen LogP contribution in [0, 0.1) is 0 Å². The minimum atomic E-state index is -2.09. The molecule has 5 atom stereocenters. The highest BCUT2D eigenvalue weighted by Crippen LogP contribution is 2.45. The highest BCUT2D eigenvalue weighted by Gasteiger charge is 2.53. The zero-order valence-corrected chi connectivity index (χ0v) is 25.1. The summed E-state index contributed by atoms with van der Waals surface area (Å²) < 4.78 is 26.7. The van der Waals surface area contributed by atoms with Crippen molar-refractivity contribution in [2.24, 2.45) is 0 Å². The van der Waals surface area contributed by atoms with E-state index in [-0.39, 0.29) is 39.9 Å². The fourth-order valence-electron chi connectivity index (χ4n) is 3.32. The van der Waals surface area contributed by atoms with Gasteiger partial charge in [0.05, 0.1) is 6.10 Å². The molecule has 1 aliphatic heterocycles. The second-order valence-electron chi connectivity index (χ2n) is 12.0. The minimum absolute atomic E-state index is 0.0854. The van der Waals surface area contributed by atoms with E-state index < -0.39 is 16.6 Å². The molecule has 7 heteroatoms. The summed E-state index contributed by atoms with van der Waals surface area (Å²) in [6.45, 7) is 25.0. The second-order valence-corrected chi connectivity index (χ2v) is 22.7. The first-order valence-corrected chi connectivity index (χ1v) is 18.5. The highest BCUT2D eigenvalue weighted by molar-refractivity contribution is 7.99. The van der Waals surface area contributed by atoms with Crippen LogP contribution in [0.1, 0.15) is 48.5 Å². The van der Waals surface area contributed by atoms with E-state index in [0.717, 1.165) is 0 Å². The van der Waals surface area contributed by atoms with Gasteiger partial charge in [-0.2, -0.15) is 0 Å². The molecule has 0 amide bonds. The second kappa shape index (κ2) is 10.2. The van der Waals surface area contributed by atoms with Crippen LogP contribution in [0.5, 0.6) is 0 Å². The van der Waals surface area contributed by atoms with Gasteiger partial charge in [-0.3, -0.25) is 0 Å². The van der Waals surface area contributed by atoms with Crippen molar-refractivity contribution >= 4 is 28.4 Å². The Bertz CT molecular complexity index is 728. The lowest BCUT2D eigenvalue weighted by Gasteiger charge is -2.52. The molecule has 0 spiro atoms. The maximum atomic E-state index is 7.09. The van der Waals surface area contributed by atoms with Crippen molar-refractivity contribution in [1.29, 1.82) is 0 Å². The molecule has 32 heavy (non-hydrogen) atoms. The van der Waals surface area contributed by atoms with E-state index in [1.807, 2.05) is 6.07 Å². The molecule has 0 unspecified atom stereocenters. The Hall–Kier alpha value is -0.156. The van der Waals surface area contributed by atoms with E-state index in [1.165, 1.54) is 4.90 Å². The molecule has 0 aromatic heterocycles. The zero-order valence-electron chi connectivity index (χ0n) is 22.3. The van der Waals surface area contributed by atoms with Gasteiger partial charge in [-0.25, -0.2) is 0 Å². The van der Waals surface area contributed by atoms with Crippen LogP contribution in [0.2, 0.25) is 36.3 Å². The monoisotopic (exact) mass is 498 g/mol. The standard InChI is InChI=1S/C25H46O4SSi2/c1-18-20(26-8)21(28-31(9,10)24(2,3)4)22(29-32(11,12)25(5,6)7)23(27-18)30-19-16-14-13-15-17-19/h13-18,20-23H,1-12H3/t18-,20-,21+,22-,23+/m0/s1. The third-order valence-electron chi connectivity index (χ3n) is 7.47. The van der Waals surface area contributed by atoms with Crippen molar-refractivity contribution in [3.05, 3.63) is 30.3 Å². The summed E-state index contributed by atoms with van der Waals surface area (Å²) in [5.74, 6) is 0.